The van der Waals surface area contributed by atoms with Crippen molar-refractivity contribution in [2.45, 2.75) is 25.9 Å². The summed E-state index contributed by atoms with van der Waals surface area (Å²) in [7, 11) is 1.52. The zero-order chi connectivity index (χ0) is 31.4. The maximum absolute atomic E-state index is 15.0. The number of amides is 1. The fraction of sp³-hybridized carbons (Fsp3) is 0.276. The Labute approximate surface area is 252 Å². The molecule has 0 fully saturated rings. The Morgan fingerprint density at radius 2 is 1.91 bits per heavy atom. The summed E-state index contributed by atoms with van der Waals surface area (Å²) in [5, 5.41) is 11.6. The van der Waals surface area contributed by atoms with E-state index in [2.05, 4.69) is 25.3 Å². The van der Waals surface area contributed by atoms with Crippen LogP contribution in [0.15, 0.2) is 48.8 Å². The first kappa shape index (κ1) is 30.7. The van der Waals surface area contributed by atoms with E-state index in [0.29, 0.717) is 32.1 Å². The van der Waals surface area contributed by atoms with E-state index in [4.69, 9.17) is 24.1 Å². The second-order valence-corrected chi connectivity index (χ2v) is 10.7. The number of fused-ring (bicyclic) bond motifs is 2. The second kappa shape index (κ2) is 12.9. The van der Waals surface area contributed by atoms with Crippen molar-refractivity contribution in [1.29, 1.82) is 0 Å². The monoisotopic (exact) mass is 629 g/mol. The van der Waals surface area contributed by atoms with Gasteiger partial charge in [0, 0.05) is 23.8 Å². The summed E-state index contributed by atoms with van der Waals surface area (Å²) in [5.74, 6) is -3.79. The number of halogens is 3. The molecule has 0 spiro atoms. The Morgan fingerprint density at radius 3 is 2.64 bits per heavy atom. The first-order valence-electron chi connectivity index (χ1n) is 13.1. The van der Waals surface area contributed by atoms with Crippen LogP contribution < -0.4 is 19.5 Å². The van der Waals surface area contributed by atoms with Gasteiger partial charge in [0.25, 0.3) is 0 Å². The summed E-state index contributed by atoms with van der Waals surface area (Å²) in [5.41, 5.74) is 3.66. The molecule has 2 N–H and O–H groups in total. The molecule has 5 aromatic rings. The van der Waals surface area contributed by atoms with E-state index in [1.807, 2.05) is 19.1 Å². The topological polar surface area (TPSA) is 138 Å². The molecule has 0 aliphatic carbocycles. The molecule has 11 nitrogen and oxygen atoms in total. The molecule has 3 heterocycles. The smallest absolute Gasteiger partial charge is 0.411 e. The molecular weight excluding hydrogens is 603 g/mol. The number of aromatic nitrogens is 4. The Kier molecular flexibility index (Phi) is 8.96. The summed E-state index contributed by atoms with van der Waals surface area (Å²) < 4.78 is 62.7. The maximum Gasteiger partial charge on any atom is 0.411 e. The number of alkyl halides is 2. The first-order chi connectivity index (χ1) is 21.0. The van der Waals surface area contributed by atoms with Crippen molar-refractivity contribution in [3.63, 3.8) is 0 Å². The quantitative estimate of drug-likeness (QED) is 0.185. The molecule has 3 aromatic heterocycles. The number of aliphatic hydroxyl groups is 1. The van der Waals surface area contributed by atoms with Crippen LogP contribution in [-0.2, 0) is 4.74 Å². The van der Waals surface area contributed by atoms with E-state index in [0.717, 1.165) is 11.1 Å². The number of nitrogens with zero attached hydrogens (tertiary/aromatic N) is 4. The molecule has 1 atom stereocenters. The highest BCUT2D eigenvalue weighted by Crippen LogP contribution is 2.37. The lowest BCUT2D eigenvalue weighted by Gasteiger charge is -2.16. The molecule has 15 heteroatoms. The van der Waals surface area contributed by atoms with Crippen molar-refractivity contribution in [3.05, 3.63) is 60.2 Å². The van der Waals surface area contributed by atoms with Gasteiger partial charge >= 0.3 is 12.0 Å². The van der Waals surface area contributed by atoms with E-state index in [1.165, 1.54) is 49.0 Å². The molecule has 0 radical (unpaired) electrons. The summed E-state index contributed by atoms with van der Waals surface area (Å²) in [6.45, 7) is 0.932. The van der Waals surface area contributed by atoms with E-state index in [-0.39, 0.29) is 23.9 Å². The number of thiazole rings is 1. The van der Waals surface area contributed by atoms with Crippen LogP contribution in [0.3, 0.4) is 0 Å². The number of ether oxygens (including phenoxy) is 4. The van der Waals surface area contributed by atoms with Crippen LogP contribution >= 0.6 is 11.3 Å². The van der Waals surface area contributed by atoms with Crippen LogP contribution in [0.2, 0.25) is 0 Å². The molecule has 0 aliphatic rings. The van der Waals surface area contributed by atoms with Gasteiger partial charge in [0.05, 0.1) is 46.4 Å². The number of carbonyl (C=O) groups excluding carboxylic acids is 1. The van der Waals surface area contributed by atoms with Crippen LogP contribution in [-0.4, -0.2) is 70.1 Å². The van der Waals surface area contributed by atoms with E-state index >= 15 is 0 Å². The van der Waals surface area contributed by atoms with Gasteiger partial charge in [0.2, 0.25) is 11.8 Å². The lowest BCUT2D eigenvalue weighted by atomic mass is 10.1. The highest BCUT2D eigenvalue weighted by molar-refractivity contribution is 7.21. The minimum absolute atomic E-state index is 0.0330. The zero-order valence-corrected chi connectivity index (χ0v) is 24.5. The predicted molar refractivity (Wildman–Crippen MR) is 156 cm³/mol. The van der Waals surface area contributed by atoms with Crippen LogP contribution in [0.4, 0.5) is 23.7 Å². The van der Waals surface area contributed by atoms with Crippen LogP contribution in [0.5, 0.6) is 17.5 Å². The van der Waals surface area contributed by atoms with Crippen LogP contribution in [0.25, 0.3) is 31.8 Å². The van der Waals surface area contributed by atoms with Crippen LogP contribution in [0, 0.1) is 12.7 Å². The fourth-order valence-electron chi connectivity index (χ4n) is 4.01. The van der Waals surface area contributed by atoms with Gasteiger partial charge in [-0.3, -0.25) is 5.32 Å². The lowest BCUT2D eigenvalue weighted by Crippen LogP contribution is -2.29. The molecule has 44 heavy (non-hydrogen) atoms. The van der Waals surface area contributed by atoms with Gasteiger partial charge in [-0.05, 0) is 37.6 Å². The number of anilines is 1. The average molecular weight is 630 g/mol. The Balaban J connectivity index is 1.21. The molecule has 0 saturated carbocycles. The molecule has 1 unspecified atom stereocenters. The Bertz CT molecular complexity index is 1800. The Hall–Kier alpha value is -4.76. The highest BCUT2D eigenvalue weighted by atomic mass is 32.1. The van der Waals surface area contributed by atoms with Crippen molar-refractivity contribution in [1.82, 2.24) is 19.9 Å². The second-order valence-electron chi connectivity index (χ2n) is 9.70. The number of aliphatic hydroxyl groups excluding tert-OH is 1. The van der Waals surface area contributed by atoms with Crippen molar-refractivity contribution < 1.29 is 42.0 Å². The van der Waals surface area contributed by atoms with Gasteiger partial charge in [-0.15, -0.1) is 11.3 Å². The third kappa shape index (κ3) is 7.23. The molecule has 1 amide bonds. The molecule has 0 saturated heterocycles. The number of methoxy groups -OCH3 is 1. The number of hydrogen-bond donors (Lipinski definition) is 2. The number of benzene rings is 2. The maximum atomic E-state index is 15.0. The Morgan fingerprint density at radius 1 is 1.09 bits per heavy atom. The standard InChI is InChI=1S/C29H26F3N5O6S/c1-15-6-18(26-21(7-15)36-25(40-3)11-34-26)27-37-20-8-19(30)22(9-23(20)44-27)43-16(2)12-41-28(39)35-17-4-5-24(33-10-17)42-14-29(31,32)13-38/h4-11,16,38H,12-14H2,1-3H3,(H,35,39). The van der Waals surface area contributed by atoms with E-state index < -0.39 is 37.2 Å². The molecule has 2 aromatic carbocycles. The minimum Gasteiger partial charge on any atom is -0.484 e. The number of nitrogens with one attached hydrogen (secondary N) is 1. The number of rotatable bonds is 11. The van der Waals surface area contributed by atoms with Gasteiger partial charge in [-0.25, -0.2) is 37.9 Å². The average Bonchev–Trinajstić information content (AvgIpc) is 3.41. The first-order valence-corrected chi connectivity index (χ1v) is 13.9. The third-order valence-corrected chi connectivity index (χ3v) is 7.12. The number of pyridine rings is 1. The largest absolute Gasteiger partial charge is 0.484 e. The zero-order valence-electron chi connectivity index (χ0n) is 23.6. The minimum atomic E-state index is -3.40. The summed E-state index contributed by atoms with van der Waals surface area (Å²) in [6, 6.07) is 9.30. The fourth-order valence-corrected chi connectivity index (χ4v) is 5.00. The van der Waals surface area contributed by atoms with Gasteiger partial charge in [-0.1, -0.05) is 0 Å². The van der Waals surface area contributed by atoms with Crippen molar-refractivity contribution in [2.75, 3.05) is 32.2 Å². The van der Waals surface area contributed by atoms with Gasteiger partial charge in [0.15, 0.2) is 18.2 Å². The molecular formula is C29H26F3N5O6S. The summed E-state index contributed by atoms with van der Waals surface area (Å²) in [4.78, 5) is 29.6. The van der Waals surface area contributed by atoms with Crippen molar-refractivity contribution in [2.24, 2.45) is 0 Å². The van der Waals surface area contributed by atoms with Crippen molar-refractivity contribution in [3.8, 4) is 28.1 Å². The predicted octanol–water partition coefficient (Wildman–Crippen LogP) is 5.78. The molecule has 0 bridgehead atoms. The highest BCUT2D eigenvalue weighted by Gasteiger charge is 2.29. The number of hydrogen-bond acceptors (Lipinski definition) is 11. The van der Waals surface area contributed by atoms with Crippen molar-refractivity contribution >= 4 is 44.4 Å². The van der Waals surface area contributed by atoms with Gasteiger partial charge in [0.1, 0.15) is 24.3 Å². The van der Waals surface area contributed by atoms with Gasteiger partial charge < -0.3 is 24.1 Å². The number of aryl methyl sites for hydroxylation is 1. The molecule has 230 valence electrons. The normalized spacial score (nSPS) is 12.2. The summed E-state index contributed by atoms with van der Waals surface area (Å²) >= 11 is 1.34. The molecule has 0 aliphatic heterocycles. The van der Waals surface area contributed by atoms with Crippen LogP contribution in [0.1, 0.15) is 12.5 Å². The van der Waals surface area contributed by atoms with Gasteiger partial charge in [-0.2, -0.15) is 0 Å². The number of carbonyl (C=O) groups is 1. The SMILES string of the molecule is COc1cnc2c(-c3nc4cc(F)c(OC(C)COC(=O)Nc5ccc(OCC(F)(F)CO)nc5)cc4s3)cc(C)cc2n1. The van der Waals surface area contributed by atoms with E-state index in [9.17, 15) is 18.0 Å². The van der Waals surface area contributed by atoms with E-state index in [1.54, 1.807) is 13.0 Å². The molecule has 5 rings (SSSR count). The summed E-state index contributed by atoms with van der Waals surface area (Å²) in [6.07, 6.45) is 1.16. The third-order valence-electron chi connectivity index (χ3n) is 6.07. The lowest BCUT2D eigenvalue weighted by molar-refractivity contribution is -0.0809.